The van der Waals surface area contributed by atoms with Crippen LogP contribution in [-0.2, 0) is 0 Å². The van der Waals surface area contributed by atoms with Crippen molar-refractivity contribution in [2.75, 3.05) is 6.61 Å². The third-order valence-electron chi connectivity index (χ3n) is 3.70. The second-order valence-electron chi connectivity index (χ2n) is 4.94. The molecular weight excluding hydrogens is 208 g/mol. The Hall–Kier alpha value is -1.50. The topological polar surface area (TPSA) is 9.23 Å². The molecule has 1 aliphatic carbocycles. The molecule has 0 amide bonds. The Morgan fingerprint density at radius 3 is 2.59 bits per heavy atom. The summed E-state index contributed by atoms with van der Waals surface area (Å²) in [6.45, 7) is 0.883. The quantitative estimate of drug-likeness (QED) is 0.753. The van der Waals surface area contributed by atoms with Gasteiger partial charge in [-0.3, -0.25) is 0 Å². The first kappa shape index (κ1) is 10.6. The van der Waals surface area contributed by atoms with Gasteiger partial charge in [-0.2, -0.15) is 0 Å². The molecular formula is C16H18O. The molecule has 0 atom stereocenters. The number of rotatable bonds is 3. The minimum absolute atomic E-state index is 0.772. The van der Waals surface area contributed by atoms with Crippen LogP contribution in [0.5, 0.6) is 5.75 Å². The van der Waals surface area contributed by atoms with Crippen LogP contribution in [0, 0.1) is 5.92 Å². The molecule has 88 valence electrons. The van der Waals surface area contributed by atoms with Crippen molar-refractivity contribution in [1.29, 1.82) is 0 Å². The molecule has 1 fully saturated rings. The highest BCUT2D eigenvalue weighted by Crippen LogP contribution is 2.29. The molecule has 1 nitrogen and oxygen atoms in total. The first-order chi connectivity index (χ1) is 8.43. The van der Waals surface area contributed by atoms with E-state index in [1.165, 1.54) is 36.5 Å². The Labute approximate surface area is 102 Å². The van der Waals surface area contributed by atoms with Crippen molar-refractivity contribution >= 4 is 10.8 Å². The van der Waals surface area contributed by atoms with Crippen LogP contribution in [0.4, 0.5) is 0 Å². The normalized spacial score (nSPS) is 16.5. The Kier molecular flexibility index (Phi) is 3.00. The number of hydrogen-bond donors (Lipinski definition) is 0. The highest BCUT2D eigenvalue weighted by molar-refractivity contribution is 5.88. The highest BCUT2D eigenvalue weighted by atomic mass is 16.5. The van der Waals surface area contributed by atoms with Gasteiger partial charge in [0.05, 0.1) is 6.61 Å². The zero-order valence-electron chi connectivity index (χ0n) is 10.1. The summed E-state index contributed by atoms with van der Waals surface area (Å²) in [6.07, 6.45) is 5.43. The lowest BCUT2D eigenvalue weighted by Crippen LogP contribution is -2.08. The molecule has 0 saturated heterocycles. The summed E-state index contributed by atoms with van der Waals surface area (Å²) < 4.78 is 6.00. The molecule has 0 aliphatic heterocycles. The van der Waals surface area contributed by atoms with Crippen LogP contribution in [0.3, 0.4) is 0 Å². The zero-order valence-corrected chi connectivity index (χ0v) is 10.1. The van der Waals surface area contributed by atoms with Gasteiger partial charge < -0.3 is 4.74 Å². The van der Waals surface area contributed by atoms with Crippen molar-refractivity contribution in [3.8, 4) is 5.75 Å². The molecule has 0 heterocycles. The lowest BCUT2D eigenvalue weighted by molar-refractivity contribution is 0.255. The van der Waals surface area contributed by atoms with Crippen molar-refractivity contribution in [3.63, 3.8) is 0 Å². The summed E-state index contributed by atoms with van der Waals surface area (Å²) >= 11 is 0. The Bertz CT molecular complexity index is 492. The lowest BCUT2D eigenvalue weighted by Gasteiger charge is -2.13. The monoisotopic (exact) mass is 226 g/mol. The Morgan fingerprint density at radius 2 is 1.71 bits per heavy atom. The van der Waals surface area contributed by atoms with Gasteiger partial charge in [0.15, 0.2) is 0 Å². The van der Waals surface area contributed by atoms with Crippen molar-refractivity contribution in [3.05, 3.63) is 42.5 Å². The largest absolute Gasteiger partial charge is 0.493 e. The van der Waals surface area contributed by atoms with Crippen molar-refractivity contribution in [1.82, 2.24) is 0 Å². The van der Waals surface area contributed by atoms with Crippen LogP contribution in [0.15, 0.2) is 42.5 Å². The summed E-state index contributed by atoms with van der Waals surface area (Å²) in [5.41, 5.74) is 0. The third kappa shape index (κ3) is 2.28. The number of fused-ring (bicyclic) bond motifs is 1. The maximum absolute atomic E-state index is 6.00. The summed E-state index contributed by atoms with van der Waals surface area (Å²) in [6, 6.07) is 14.7. The minimum Gasteiger partial charge on any atom is -0.493 e. The first-order valence-corrected chi connectivity index (χ1v) is 6.54. The molecule has 0 N–H and O–H groups in total. The van der Waals surface area contributed by atoms with Crippen LogP contribution in [0.1, 0.15) is 25.7 Å². The minimum atomic E-state index is 0.772. The van der Waals surface area contributed by atoms with Gasteiger partial charge in [0, 0.05) is 5.39 Å². The average molecular weight is 226 g/mol. The molecule has 0 aromatic heterocycles. The smallest absolute Gasteiger partial charge is 0.127 e. The average Bonchev–Trinajstić information content (AvgIpc) is 2.89. The Morgan fingerprint density at radius 1 is 0.941 bits per heavy atom. The third-order valence-corrected chi connectivity index (χ3v) is 3.70. The van der Waals surface area contributed by atoms with Gasteiger partial charge >= 0.3 is 0 Å². The molecule has 2 aromatic carbocycles. The predicted molar refractivity (Wildman–Crippen MR) is 71.4 cm³/mol. The second-order valence-corrected chi connectivity index (χ2v) is 4.94. The molecule has 0 unspecified atom stereocenters. The van der Waals surface area contributed by atoms with Crippen LogP contribution >= 0.6 is 0 Å². The molecule has 0 spiro atoms. The van der Waals surface area contributed by atoms with Crippen LogP contribution in [0.2, 0.25) is 0 Å². The van der Waals surface area contributed by atoms with Gasteiger partial charge in [0.2, 0.25) is 0 Å². The number of ether oxygens (including phenoxy) is 1. The van der Waals surface area contributed by atoms with Crippen molar-refractivity contribution in [2.24, 2.45) is 5.92 Å². The van der Waals surface area contributed by atoms with E-state index in [1.807, 2.05) is 0 Å². The number of benzene rings is 2. The molecule has 0 bridgehead atoms. The van der Waals surface area contributed by atoms with E-state index in [0.29, 0.717) is 0 Å². The van der Waals surface area contributed by atoms with Crippen LogP contribution in [-0.4, -0.2) is 6.61 Å². The standard InChI is InChI=1S/C16H18O/c1-2-7-13(6-1)12-17-16-11-5-9-14-8-3-4-10-15(14)16/h3-5,8-11,13H,1-2,6-7,12H2. The lowest BCUT2D eigenvalue weighted by atomic mass is 10.1. The van der Waals surface area contributed by atoms with Crippen LogP contribution in [0.25, 0.3) is 10.8 Å². The van der Waals surface area contributed by atoms with Gasteiger partial charge in [-0.1, -0.05) is 49.2 Å². The molecule has 1 saturated carbocycles. The SMILES string of the molecule is c1ccc2c(OCC3CCCC3)cccc2c1. The predicted octanol–water partition coefficient (Wildman–Crippen LogP) is 4.41. The summed E-state index contributed by atoms with van der Waals surface area (Å²) in [7, 11) is 0. The van der Waals surface area contributed by atoms with Crippen molar-refractivity contribution < 1.29 is 4.74 Å². The van der Waals surface area contributed by atoms with Gasteiger partial charge in [-0.05, 0) is 30.2 Å². The van der Waals surface area contributed by atoms with E-state index in [2.05, 4.69) is 42.5 Å². The Balaban J connectivity index is 1.79. The van der Waals surface area contributed by atoms with E-state index < -0.39 is 0 Å². The second kappa shape index (κ2) is 4.79. The van der Waals surface area contributed by atoms with Crippen LogP contribution < -0.4 is 4.74 Å². The van der Waals surface area contributed by atoms with Gasteiger partial charge in [-0.15, -0.1) is 0 Å². The zero-order chi connectivity index (χ0) is 11.5. The molecule has 1 aliphatic rings. The van der Waals surface area contributed by atoms with Gasteiger partial charge in [0.1, 0.15) is 5.75 Å². The van der Waals surface area contributed by atoms with E-state index in [-0.39, 0.29) is 0 Å². The first-order valence-electron chi connectivity index (χ1n) is 6.54. The van der Waals surface area contributed by atoms with E-state index in [1.54, 1.807) is 0 Å². The van der Waals surface area contributed by atoms with E-state index in [9.17, 15) is 0 Å². The molecule has 1 heteroatoms. The molecule has 17 heavy (non-hydrogen) atoms. The van der Waals surface area contributed by atoms with Crippen molar-refractivity contribution in [2.45, 2.75) is 25.7 Å². The summed E-state index contributed by atoms with van der Waals surface area (Å²) in [5.74, 6) is 1.81. The van der Waals surface area contributed by atoms with E-state index in [0.717, 1.165) is 18.3 Å². The fourth-order valence-electron chi connectivity index (χ4n) is 2.71. The molecule has 0 radical (unpaired) electrons. The maximum Gasteiger partial charge on any atom is 0.127 e. The summed E-state index contributed by atoms with van der Waals surface area (Å²) in [5, 5.41) is 2.49. The molecule has 2 aromatic rings. The van der Waals surface area contributed by atoms with E-state index in [4.69, 9.17) is 4.74 Å². The van der Waals surface area contributed by atoms with E-state index >= 15 is 0 Å². The summed E-state index contributed by atoms with van der Waals surface area (Å²) in [4.78, 5) is 0. The van der Waals surface area contributed by atoms with Gasteiger partial charge in [-0.25, -0.2) is 0 Å². The molecule has 3 rings (SSSR count). The number of hydrogen-bond acceptors (Lipinski definition) is 1. The maximum atomic E-state index is 6.00. The fourth-order valence-corrected chi connectivity index (χ4v) is 2.71. The van der Waals surface area contributed by atoms with Gasteiger partial charge in [0.25, 0.3) is 0 Å². The fraction of sp³-hybridized carbons (Fsp3) is 0.375. The highest BCUT2D eigenvalue weighted by Gasteiger charge is 2.15.